The average Bonchev–Trinajstić information content (AvgIpc) is 3.69. The normalized spacial score (nSPS) is 13.8. The fraction of sp³-hybridized carbons (Fsp3) is 0.271. The molecule has 324 valence electrons. The molecule has 0 aliphatic carbocycles. The summed E-state index contributed by atoms with van der Waals surface area (Å²) in [6.45, 7) is 9.21. The van der Waals surface area contributed by atoms with Crippen LogP contribution in [0.1, 0.15) is 23.7 Å². The highest BCUT2D eigenvalue weighted by molar-refractivity contribution is 7.22. The van der Waals surface area contributed by atoms with E-state index in [1.807, 2.05) is 43.3 Å². The Balaban J connectivity index is 1.10. The number of hydrogen-bond acceptors (Lipinski definition) is 13. The Bertz CT molecular complexity index is 2690. The fourth-order valence-corrected chi connectivity index (χ4v) is 8.76. The maximum atomic E-state index is 14.3. The molecule has 1 N–H and O–H groups in total. The molecule has 0 spiro atoms. The predicted octanol–water partition coefficient (Wildman–Crippen LogP) is 9.05. The van der Waals surface area contributed by atoms with Gasteiger partial charge in [0.25, 0.3) is 0 Å². The molecule has 1 saturated heterocycles. The number of thiophene rings is 1. The molecule has 0 unspecified atom stereocenters. The third-order valence-corrected chi connectivity index (χ3v) is 12.5. The second-order valence-corrected chi connectivity index (χ2v) is 16.5. The summed E-state index contributed by atoms with van der Waals surface area (Å²) in [5.74, 6) is 0.966. The van der Waals surface area contributed by atoms with Crippen molar-refractivity contribution in [3.8, 4) is 56.1 Å². The van der Waals surface area contributed by atoms with E-state index in [1.165, 1.54) is 29.8 Å². The van der Waals surface area contributed by atoms with Crippen LogP contribution >= 0.6 is 22.9 Å². The number of phenols is 1. The minimum Gasteiger partial charge on any atom is -0.508 e. The summed E-state index contributed by atoms with van der Waals surface area (Å²) < 4.78 is 39.0. The third-order valence-electron chi connectivity index (χ3n) is 10.8. The monoisotopic (exact) mass is 888 g/mol. The largest absolute Gasteiger partial charge is 0.508 e. The van der Waals surface area contributed by atoms with Gasteiger partial charge in [-0.05, 0) is 97.7 Å². The van der Waals surface area contributed by atoms with E-state index in [0.29, 0.717) is 50.4 Å². The maximum absolute atomic E-state index is 14.3. The van der Waals surface area contributed by atoms with Crippen molar-refractivity contribution in [2.75, 3.05) is 53.0 Å². The number of hydrogen-bond donors (Lipinski definition) is 1. The van der Waals surface area contributed by atoms with Gasteiger partial charge in [0, 0.05) is 61.3 Å². The Morgan fingerprint density at radius 2 is 1.67 bits per heavy atom. The first kappa shape index (κ1) is 43.5. The average molecular weight is 889 g/mol. The van der Waals surface area contributed by atoms with E-state index in [1.54, 1.807) is 55.6 Å². The van der Waals surface area contributed by atoms with E-state index in [4.69, 9.17) is 30.5 Å². The number of likely N-dealkylation sites (N-methyl/N-ethyl adjacent to an activating group) is 1. The van der Waals surface area contributed by atoms with Crippen molar-refractivity contribution in [2.24, 2.45) is 0 Å². The van der Waals surface area contributed by atoms with Crippen LogP contribution in [0.4, 0.5) is 4.39 Å². The number of halogens is 2. The Morgan fingerprint density at radius 3 is 2.44 bits per heavy atom. The number of fused-ring (bicyclic) bond motifs is 1. The lowest BCUT2D eigenvalue weighted by Gasteiger charge is -2.32. The van der Waals surface area contributed by atoms with Crippen LogP contribution in [-0.4, -0.2) is 99.9 Å². The lowest BCUT2D eigenvalue weighted by atomic mass is 9.96. The molecule has 1 fully saturated rings. The SMILES string of the molecule is CCOC(=O)[C@@H](Cc1ccccc1OCc1ccnc(-c2ccc(O)cc2)n1)Oc1ncnc2sc(-c3ccc(F)cc3)c(-c3ccc(OCCN4CCN(C)CC4)c(Cl)c3C)c12. The molecule has 3 aromatic heterocycles. The number of nitrogens with zero attached hydrogens (tertiary/aromatic N) is 6. The van der Waals surface area contributed by atoms with Crippen LogP contribution in [0.5, 0.6) is 23.1 Å². The molecular weight excluding hydrogens is 843 g/mol. The van der Waals surface area contributed by atoms with E-state index in [0.717, 1.165) is 65.4 Å². The Hall–Kier alpha value is -6.19. The van der Waals surface area contributed by atoms with Gasteiger partial charge in [-0.15, -0.1) is 11.3 Å². The van der Waals surface area contributed by atoms with Crippen LogP contribution in [-0.2, 0) is 22.6 Å². The minimum absolute atomic E-state index is 0.0817. The van der Waals surface area contributed by atoms with Gasteiger partial charge in [0.05, 0.1) is 22.7 Å². The van der Waals surface area contributed by atoms with E-state index in [-0.39, 0.29) is 37.1 Å². The first-order valence-corrected chi connectivity index (χ1v) is 21.9. The Morgan fingerprint density at radius 1 is 0.905 bits per heavy atom. The molecule has 0 radical (unpaired) electrons. The second-order valence-electron chi connectivity index (χ2n) is 15.1. The standard InChI is InChI=1S/C48H46ClFN6O6S/c1-4-59-48(58)40(27-33-7-5-6-8-38(33)61-28-35-19-20-51-45(54-35)32-11-15-36(57)16-12-32)62-46-42-41(44(63-47(42)53-29-52-46)31-9-13-34(50)14-10-31)37-17-18-39(43(49)30(37)2)60-26-25-56-23-21-55(3)22-24-56/h5-20,29,40,57H,4,21-28H2,1-3H3/t40-/m1/s1. The van der Waals surface area contributed by atoms with Crippen molar-refractivity contribution in [3.05, 3.63) is 131 Å². The van der Waals surface area contributed by atoms with Crippen LogP contribution in [0.25, 0.3) is 43.2 Å². The zero-order valence-electron chi connectivity index (χ0n) is 35.1. The molecule has 12 nitrogen and oxygen atoms in total. The van der Waals surface area contributed by atoms with E-state index >= 15 is 0 Å². The van der Waals surface area contributed by atoms with Gasteiger partial charge in [0.1, 0.15) is 47.4 Å². The number of carbonyl (C=O) groups excluding carboxylic acids is 1. The zero-order chi connectivity index (χ0) is 43.9. The van der Waals surface area contributed by atoms with E-state index in [2.05, 4.69) is 36.8 Å². The molecule has 0 bridgehead atoms. The van der Waals surface area contributed by atoms with Gasteiger partial charge in [0.15, 0.2) is 5.82 Å². The molecule has 4 aromatic carbocycles. The number of aromatic nitrogens is 4. The third kappa shape index (κ3) is 10.2. The number of piperazine rings is 1. The molecular formula is C48H46ClFN6O6S. The number of para-hydroxylation sites is 1. The minimum atomic E-state index is -1.14. The summed E-state index contributed by atoms with van der Waals surface area (Å²) in [7, 11) is 2.13. The molecule has 15 heteroatoms. The zero-order valence-corrected chi connectivity index (χ0v) is 36.7. The molecule has 0 saturated carbocycles. The van der Waals surface area contributed by atoms with Gasteiger partial charge >= 0.3 is 5.97 Å². The Labute approximate surface area is 373 Å². The van der Waals surface area contributed by atoms with Crippen LogP contribution in [0.3, 0.4) is 0 Å². The summed E-state index contributed by atoms with van der Waals surface area (Å²) in [4.78, 5) is 38.2. The second kappa shape index (κ2) is 19.9. The molecule has 8 rings (SSSR count). The first-order valence-electron chi connectivity index (χ1n) is 20.7. The van der Waals surface area contributed by atoms with Gasteiger partial charge in [-0.1, -0.05) is 48.0 Å². The number of benzene rings is 4. The number of phenolic OH excluding ortho intramolecular Hbond substituents is 1. The summed E-state index contributed by atoms with van der Waals surface area (Å²) in [6.07, 6.45) is 1.99. The number of esters is 1. The van der Waals surface area contributed by atoms with Gasteiger partial charge in [-0.2, -0.15) is 0 Å². The lowest BCUT2D eigenvalue weighted by Crippen LogP contribution is -2.45. The summed E-state index contributed by atoms with van der Waals surface area (Å²) in [5.41, 5.74) is 5.10. The lowest BCUT2D eigenvalue weighted by molar-refractivity contribution is -0.151. The van der Waals surface area contributed by atoms with E-state index in [9.17, 15) is 14.3 Å². The van der Waals surface area contributed by atoms with Crippen LogP contribution in [0.2, 0.25) is 5.02 Å². The summed E-state index contributed by atoms with van der Waals surface area (Å²) in [6, 6.07) is 25.9. The van der Waals surface area contributed by atoms with Crippen molar-refractivity contribution in [1.29, 1.82) is 0 Å². The van der Waals surface area contributed by atoms with Gasteiger partial charge in [0.2, 0.25) is 12.0 Å². The van der Waals surface area contributed by atoms with Crippen molar-refractivity contribution in [3.63, 3.8) is 0 Å². The van der Waals surface area contributed by atoms with Crippen molar-refractivity contribution < 1.29 is 33.2 Å². The van der Waals surface area contributed by atoms with Gasteiger partial charge in [-0.3, -0.25) is 4.90 Å². The molecule has 1 aliphatic heterocycles. The van der Waals surface area contributed by atoms with Gasteiger partial charge < -0.3 is 29.0 Å². The number of ether oxygens (including phenoxy) is 4. The Kier molecular flexibility index (Phi) is 13.7. The number of carbonyl (C=O) groups is 1. The van der Waals surface area contributed by atoms with Crippen LogP contribution < -0.4 is 14.2 Å². The summed E-state index contributed by atoms with van der Waals surface area (Å²) in [5, 5.41) is 10.8. The fourth-order valence-electron chi connectivity index (χ4n) is 7.39. The maximum Gasteiger partial charge on any atom is 0.347 e. The highest BCUT2D eigenvalue weighted by Crippen LogP contribution is 2.49. The van der Waals surface area contributed by atoms with Crippen molar-refractivity contribution >= 4 is 39.1 Å². The number of aromatic hydroxyl groups is 1. The van der Waals surface area contributed by atoms with Crippen LogP contribution in [0, 0.1) is 12.7 Å². The quantitative estimate of drug-likeness (QED) is 0.0929. The topological polar surface area (TPSA) is 132 Å². The van der Waals surface area contributed by atoms with Crippen LogP contribution in [0.15, 0.2) is 104 Å². The molecule has 63 heavy (non-hydrogen) atoms. The molecule has 1 atom stereocenters. The molecule has 7 aromatic rings. The predicted molar refractivity (Wildman–Crippen MR) is 242 cm³/mol. The highest BCUT2D eigenvalue weighted by atomic mass is 35.5. The first-order chi connectivity index (χ1) is 30.6. The van der Waals surface area contributed by atoms with Gasteiger partial charge in [-0.25, -0.2) is 29.1 Å². The van der Waals surface area contributed by atoms with E-state index < -0.39 is 12.1 Å². The van der Waals surface area contributed by atoms with Crippen molar-refractivity contribution in [2.45, 2.75) is 33.0 Å². The molecule has 0 amide bonds. The molecule has 1 aliphatic rings. The van der Waals surface area contributed by atoms with Crippen molar-refractivity contribution in [1.82, 2.24) is 29.7 Å². The summed E-state index contributed by atoms with van der Waals surface area (Å²) >= 11 is 8.50. The number of rotatable bonds is 16. The molecule has 4 heterocycles. The smallest absolute Gasteiger partial charge is 0.347 e. The highest BCUT2D eigenvalue weighted by Gasteiger charge is 2.29.